The predicted octanol–water partition coefficient (Wildman–Crippen LogP) is 3.56. The number of carbonyl (C=O) groups excluding carboxylic acids is 1. The molecule has 5 aliphatic rings. The predicted molar refractivity (Wildman–Crippen MR) is 129 cm³/mol. The standard InChI is InChI=1S/C27H28ClFN2O5/c28-17-5-3-16(11-18(17)29)25(33)30-19-7-8-27(34)21-12-15-4-6-20(32)23-22(15)26(27,24(19)36-23)9-10-31(21,35)13-14-1-2-14/h3-6,11,14,19,21,24,32,34H,1-2,7-10,12-13H2,(H,30,33)/t19-,21-,24+,26?,27-,31?/m1/s1. The number of amides is 1. The van der Waals surface area contributed by atoms with Crippen molar-refractivity contribution in [3.8, 4) is 11.5 Å². The van der Waals surface area contributed by atoms with E-state index in [1.54, 1.807) is 6.07 Å². The van der Waals surface area contributed by atoms with Crippen molar-refractivity contribution >= 4 is 17.5 Å². The van der Waals surface area contributed by atoms with Crippen LogP contribution >= 0.6 is 11.6 Å². The number of halogens is 2. The highest BCUT2D eigenvalue weighted by Gasteiger charge is 2.76. The number of nitrogens with one attached hydrogen (secondary N) is 1. The summed E-state index contributed by atoms with van der Waals surface area (Å²) >= 11 is 5.78. The molecule has 2 heterocycles. The number of ether oxygens (including phenoxy) is 1. The minimum Gasteiger partial charge on any atom is -0.632 e. The number of aromatic hydroxyl groups is 1. The third-order valence-corrected chi connectivity index (χ3v) is 9.86. The van der Waals surface area contributed by atoms with E-state index < -0.39 is 45.6 Å². The Hall–Kier alpha value is -2.39. The van der Waals surface area contributed by atoms with Gasteiger partial charge in [-0.25, -0.2) is 4.39 Å². The zero-order chi connectivity index (χ0) is 25.0. The van der Waals surface area contributed by atoms with Crippen LogP contribution < -0.4 is 10.1 Å². The average Bonchev–Trinajstić information content (AvgIpc) is 3.57. The summed E-state index contributed by atoms with van der Waals surface area (Å²) in [7, 11) is 0. The lowest BCUT2D eigenvalue weighted by Crippen LogP contribution is -2.81. The minimum absolute atomic E-state index is 0.00500. The molecule has 2 aromatic rings. The maximum absolute atomic E-state index is 14.2. The highest BCUT2D eigenvalue weighted by atomic mass is 35.5. The number of nitrogens with zero attached hydrogens (tertiary/aromatic N) is 1. The second-order valence-electron chi connectivity index (χ2n) is 11.4. The van der Waals surface area contributed by atoms with Crippen LogP contribution in [0.15, 0.2) is 30.3 Å². The number of phenols is 1. The lowest BCUT2D eigenvalue weighted by molar-refractivity contribution is -0.924. The van der Waals surface area contributed by atoms with Gasteiger partial charge < -0.3 is 30.1 Å². The van der Waals surface area contributed by atoms with Crippen molar-refractivity contribution in [2.45, 2.75) is 67.7 Å². The molecule has 6 atom stereocenters. The first-order valence-corrected chi connectivity index (χ1v) is 13.1. The smallest absolute Gasteiger partial charge is 0.251 e. The van der Waals surface area contributed by atoms with Gasteiger partial charge in [0.15, 0.2) is 11.5 Å². The fraction of sp³-hybridized carbons (Fsp3) is 0.519. The summed E-state index contributed by atoms with van der Waals surface area (Å²) in [6, 6.07) is 6.32. The summed E-state index contributed by atoms with van der Waals surface area (Å²) in [6.45, 7) is 0.887. The van der Waals surface area contributed by atoms with Crippen molar-refractivity contribution < 1.29 is 28.8 Å². The number of benzene rings is 2. The summed E-state index contributed by atoms with van der Waals surface area (Å²) in [6.07, 6.45) is 3.06. The van der Waals surface area contributed by atoms with Crippen LogP contribution in [0.2, 0.25) is 5.02 Å². The number of hydrogen-bond donors (Lipinski definition) is 3. The van der Waals surface area contributed by atoms with Crippen LogP contribution in [0.25, 0.3) is 0 Å². The van der Waals surface area contributed by atoms with E-state index in [9.17, 15) is 24.6 Å². The van der Waals surface area contributed by atoms with E-state index >= 15 is 0 Å². The number of piperidine rings is 1. The molecular formula is C27H28ClFN2O5. The molecule has 2 aromatic carbocycles. The van der Waals surface area contributed by atoms with E-state index in [4.69, 9.17) is 16.3 Å². The molecular weight excluding hydrogens is 487 g/mol. The number of hydrogen-bond acceptors (Lipinski definition) is 5. The molecule has 0 aromatic heterocycles. The average molecular weight is 515 g/mol. The van der Waals surface area contributed by atoms with E-state index in [1.165, 1.54) is 12.1 Å². The van der Waals surface area contributed by atoms with E-state index in [0.717, 1.165) is 30.0 Å². The number of quaternary nitrogens is 1. The zero-order valence-corrected chi connectivity index (χ0v) is 20.4. The third kappa shape index (κ3) is 2.87. The van der Waals surface area contributed by atoms with Crippen molar-refractivity contribution in [3.05, 3.63) is 63.1 Å². The quantitative estimate of drug-likeness (QED) is 0.428. The second kappa shape index (κ2) is 7.34. The van der Waals surface area contributed by atoms with Gasteiger partial charge >= 0.3 is 0 Å². The highest BCUT2D eigenvalue weighted by Crippen LogP contribution is 2.66. The van der Waals surface area contributed by atoms with Crippen molar-refractivity contribution in [2.24, 2.45) is 5.92 Å². The van der Waals surface area contributed by atoms with Crippen LogP contribution in [0.4, 0.5) is 4.39 Å². The number of likely N-dealkylation sites (tertiary alicyclic amines) is 1. The SMILES string of the molecule is O=C(N[C@@H]1CC[C@@]2(O)[C@H]3Cc4ccc(O)c5c4C2(CC[N+]3([O-])CC2CC2)[C@H]1O5)c1ccc(Cl)c(F)c1. The lowest BCUT2D eigenvalue weighted by atomic mass is 9.48. The molecule has 3 fully saturated rings. The van der Waals surface area contributed by atoms with Crippen LogP contribution in [0.3, 0.4) is 0 Å². The molecule has 3 N–H and O–H groups in total. The zero-order valence-electron chi connectivity index (χ0n) is 19.7. The molecule has 1 saturated heterocycles. The number of rotatable bonds is 4. The minimum atomic E-state index is -1.31. The van der Waals surface area contributed by atoms with Gasteiger partial charge in [0.25, 0.3) is 5.91 Å². The first-order chi connectivity index (χ1) is 17.2. The number of phenolic OH excluding ortho intramolecular Hbond substituents is 1. The highest BCUT2D eigenvalue weighted by molar-refractivity contribution is 6.30. The number of carbonyl (C=O) groups is 1. The van der Waals surface area contributed by atoms with Gasteiger partial charge in [0.1, 0.15) is 23.6 Å². The van der Waals surface area contributed by atoms with Gasteiger partial charge in [0.2, 0.25) is 0 Å². The topological polar surface area (TPSA) is 102 Å². The normalized spacial score (nSPS) is 37.7. The number of aliphatic hydroxyl groups is 1. The Bertz CT molecular complexity index is 1300. The molecule has 2 unspecified atom stereocenters. The molecule has 2 bridgehead atoms. The molecule has 1 spiro atoms. The van der Waals surface area contributed by atoms with Crippen LogP contribution in [-0.4, -0.2) is 57.6 Å². The van der Waals surface area contributed by atoms with Crippen LogP contribution in [0, 0.1) is 16.9 Å². The second-order valence-corrected chi connectivity index (χ2v) is 11.8. The summed E-state index contributed by atoms with van der Waals surface area (Å²) in [5, 5.41) is 40.3. The van der Waals surface area contributed by atoms with Gasteiger partial charge in [-0.05, 0) is 55.5 Å². The first-order valence-electron chi connectivity index (χ1n) is 12.7. The lowest BCUT2D eigenvalue weighted by Gasteiger charge is -2.68. The third-order valence-electron chi connectivity index (χ3n) is 9.55. The monoisotopic (exact) mass is 514 g/mol. The Morgan fingerprint density at radius 3 is 2.81 bits per heavy atom. The van der Waals surface area contributed by atoms with E-state index in [-0.39, 0.29) is 16.3 Å². The molecule has 9 heteroatoms. The van der Waals surface area contributed by atoms with Gasteiger partial charge in [0.05, 0.1) is 29.6 Å². The summed E-state index contributed by atoms with van der Waals surface area (Å²) in [5.41, 5.74) is -0.358. The number of hydroxylamine groups is 3. The Morgan fingerprint density at radius 2 is 2.06 bits per heavy atom. The Kier molecular flexibility index (Phi) is 4.65. The molecule has 2 aliphatic heterocycles. The van der Waals surface area contributed by atoms with Gasteiger partial charge in [-0.1, -0.05) is 17.7 Å². The van der Waals surface area contributed by atoms with Crippen molar-refractivity contribution in [2.75, 3.05) is 13.1 Å². The molecule has 36 heavy (non-hydrogen) atoms. The summed E-state index contributed by atoms with van der Waals surface area (Å²) in [5.74, 6) is -0.381. The molecule has 2 saturated carbocycles. The van der Waals surface area contributed by atoms with Crippen LogP contribution in [-0.2, 0) is 11.8 Å². The fourth-order valence-electron chi connectivity index (χ4n) is 7.79. The van der Waals surface area contributed by atoms with Crippen molar-refractivity contribution in [1.82, 2.24) is 5.32 Å². The van der Waals surface area contributed by atoms with Crippen molar-refractivity contribution in [3.63, 3.8) is 0 Å². The van der Waals surface area contributed by atoms with E-state index in [1.807, 2.05) is 6.07 Å². The summed E-state index contributed by atoms with van der Waals surface area (Å²) in [4.78, 5) is 13.1. The molecule has 3 aliphatic carbocycles. The Labute approximate surface area is 213 Å². The largest absolute Gasteiger partial charge is 0.632 e. The molecule has 7 nitrogen and oxygen atoms in total. The molecule has 190 valence electrons. The van der Waals surface area contributed by atoms with Gasteiger partial charge in [-0.2, -0.15) is 0 Å². The Morgan fingerprint density at radius 1 is 1.25 bits per heavy atom. The molecule has 1 amide bonds. The maximum atomic E-state index is 14.2. The molecule has 7 rings (SSSR count). The van der Waals surface area contributed by atoms with Crippen LogP contribution in [0.5, 0.6) is 11.5 Å². The Balaban J connectivity index is 1.30. The van der Waals surface area contributed by atoms with E-state index in [2.05, 4.69) is 5.32 Å². The van der Waals surface area contributed by atoms with E-state index in [0.29, 0.717) is 50.4 Å². The van der Waals surface area contributed by atoms with Gasteiger partial charge in [-0.15, -0.1) is 0 Å². The maximum Gasteiger partial charge on any atom is 0.251 e. The molecule has 0 radical (unpaired) electrons. The first kappa shape index (κ1) is 22.8. The van der Waals surface area contributed by atoms with Crippen LogP contribution in [0.1, 0.15) is 53.6 Å². The van der Waals surface area contributed by atoms with Crippen molar-refractivity contribution in [1.29, 1.82) is 0 Å². The fourth-order valence-corrected chi connectivity index (χ4v) is 7.91. The van der Waals surface area contributed by atoms with Gasteiger partial charge in [-0.3, -0.25) is 4.79 Å². The van der Waals surface area contributed by atoms with Gasteiger partial charge in [0, 0.05) is 29.9 Å². The summed E-state index contributed by atoms with van der Waals surface area (Å²) < 4.78 is 20.0.